The lowest BCUT2D eigenvalue weighted by Gasteiger charge is -2.12. The third-order valence-electron chi connectivity index (χ3n) is 5.47. The van der Waals surface area contributed by atoms with Gasteiger partial charge in [-0.2, -0.15) is 0 Å². The van der Waals surface area contributed by atoms with Crippen molar-refractivity contribution in [3.8, 4) is 23.0 Å². The number of anilines is 1. The number of benzene rings is 3. The van der Waals surface area contributed by atoms with Gasteiger partial charge in [-0.3, -0.25) is 4.79 Å². The molecule has 3 N–H and O–H groups in total. The second-order valence-corrected chi connectivity index (χ2v) is 7.68. The van der Waals surface area contributed by atoms with Crippen molar-refractivity contribution >= 4 is 40.7 Å². The minimum atomic E-state index is -0.351. The van der Waals surface area contributed by atoms with Crippen molar-refractivity contribution in [3.05, 3.63) is 83.6 Å². The van der Waals surface area contributed by atoms with Crippen molar-refractivity contribution < 1.29 is 24.1 Å². The zero-order valence-electron chi connectivity index (χ0n) is 19.7. The molecule has 0 unspecified atom stereocenters. The summed E-state index contributed by atoms with van der Waals surface area (Å²) in [4.78, 5) is 15.7. The number of phenolic OH excluding ortho intramolecular Hbond substituents is 1. The van der Waals surface area contributed by atoms with E-state index >= 15 is 0 Å². The molecule has 1 aromatic heterocycles. The second kappa shape index (κ2) is 10.5. The fraction of sp³-hybridized carbons (Fsp3) is 0.107. The predicted molar refractivity (Wildman–Crippen MR) is 139 cm³/mol. The molecule has 0 aliphatic carbocycles. The zero-order valence-corrected chi connectivity index (χ0v) is 19.7. The summed E-state index contributed by atoms with van der Waals surface area (Å²) in [6.45, 7) is 0. The number of methoxy groups -OCH3 is 3. The molecule has 35 heavy (non-hydrogen) atoms. The van der Waals surface area contributed by atoms with E-state index in [-0.39, 0.29) is 11.7 Å². The van der Waals surface area contributed by atoms with Crippen molar-refractivity contribution in [1.82, 2.24) is 4.98 Å². The lowest BCUT2D eigenvalue weighted by Crippen LogP contribution is -2.08. The van der Waals surface area contributed by atoms with Crippen molar-refractivity contribution in [2.45, 2.75) is 0 Å². The van der Waals surface area contributed by atoms with Crippen LogP contribution in [0.2, 0.25) is 0 Å². The Kier molecular flexibility index (Phi) is 7.07. The first kappa shape index (κ1) is 23.5. The molecule has 0 saturated carbocycles. The lowest BCUT2D eigenvalue weighted by atomic mass is 10.1. The molecule has 1 amide bonds. The number of aromatic amines is 1. The van der Waals surface area contributed by atoms with Crippen LogP contribution in [0.4, 0.5) is 5.69 Å². The highest BCUT2D eigenvalue weighted by Gasteiger charge is 2.12. The Morgan fingerprint density at radius 1 is 0.886 bits per heavy atom. The molecule has 4 aromatic rings. The average Bonchev–Trinajstić information content (AvgIpc) is 3.30. The first-order valence-corrected chi connectivity index (χ1v) is 10.9. The van der Waals surface area contributed by atoms with Gasteiger partial charge in [-0.15, -0.1) is 0 Å². The van der Waals surface area contributed by atoms with Crippen molar-refractivity contribution in [3.63, 3.8) is 0 Å². The smallest absolute Gasteiger partial charge is 0.248 e. The van der Waals surface area contributed by atoms with E-state index in [0.717, 1.165) is 27.6 Å². The van der Waals surface area contributed by atoms with E-state index in [1.165, 1.54) is 12.1 Å². The molecule has 178 valence electrons. The Balaban J connectivity index is 1.51. The summed E-state index contributed by atoms with van der Waals surface area (Å²) in [7, 11) is 4.68. The maximum Gasteiger partial charge on any atom is 0.248 e. The minimum absolute atomic E-state index is 0.0243. The maximum absolute atomic E-state index is 12.5. The monoisotopic (exact) mass is 470 g/mol. The highest BCUT2D eigenvalue weighted by Crippen LogP contribution is 2.38. The van der Waals surface area contributed by atoms with Crippen LogP contribution in [0, 0.1) is 0 Å². The number of hydrogen-bond donors (Lipinski definition) is 3. The number of amides is 1. The highest BCUT2D eigenvalue weighted by atomic mass is 16.5. The highest BCUT2D eigenvalue weighted by molar-refractivity contribution is 6.04. The average molecular weight is 471 g/mol. The van der Waals surface area contributed by atoms with Crippen LogP contribution in [0.3, 0.4) is 0 Å². The number of hydrogen-bond acceptors (Lipinski definition) is 5. The van der Waals surface area contributed by atoms with Gasteiger partial charge in [0.25, 0.3) is 0 Å². The third kappa shape index (κ3) is 5.30. The van der Waals surface area contributed by atoms with E-state index in [1.54, 1.807) is 39.5 Å². The molecule has 4 rings (SSSR count). The number of rotatable bonds is 8. The van der Waals surface area contributed by atoms with Crippen LogP contribution in [0.1, 0.15) is 16.7 Å². The van der Waals surface area contributed by atoms with Gasteiger partial charge in [-0.25, -0.2) is 0 Å². The molecule has 0 aliphatic rings. The SMILES string of the molecule is COc1cc(C=Cc2ccc(O)c(NC(=O)/C=C/c3c[nH]c4ccccc34)c2)cc(OC)c1OC. The maximum atomic E-state index is 12.5. The van der Waals surface area contributed by atoms with E-state index in [1.807, 2.05) is 54.7 Å². The Bertz CT molecular complexity index is 1390. The summed E-state index contributed by atoms with van der Waals surface area (Å²) in [5.74, 6) is 1.24. The summed E-state index contributed by atoms with van der Waals surface area (Å²) in [5, 5.41) is 14.0. The molecule has 3 aromatic carbocycles. The Labute approximate surface area is 203 Å². The van der Waals surface area contributed by atoms with Crippen LogP contribution < -0.4 is 19.5 Å². The number of ether oxygens (including phenoxy) is 3. The molecule has 0 bridgehead atoms. The van der Waals surface area contributed by atoms with Crippen LogP contribution >= 0.6 is 0 Å². The summed E-state index contributed by atoms with van der Waals surface area (Å²) in [6, 6.07) is 16.5. The fourth-order valence-corrected chi connectivity index (χ4v) is 3.72. The number of phenols is 1. The molecule has 1 heterocycles. The molecule has 0 saturated heterocycles. The van der Waals surface area contributed by atoms with Crippen LogP contribution in [0.5, 0.6) is 23.0 Å². The standard InChI is InChI=1S/C28H26N2O5/c1-33-25-15-19(16-26(34-2)28(25)35-3)9-8-18-10-12-24(31)23(14-18)30-27(32)13-11-20-17-29-22-7-5-4-6-21(20)22/h4-17,29,31H,1-3H3,(H,30,32)/b9-8?,13-11+. The number of H-pyrrole nitrogens is 1. The van der Waals surface area contributed by atoms with Gasteiger partial charge in [0.05, 0.1) is 27.0 Å². The quantitative estimate of drug-likeness (QED) is 0.174. The van der Waals surface area contributed by atoms with Gasteiger partial charge in [0.2, 0.25) is 11.7 Å². The van der Waals surface area contributed by atoms with Crippen LogP contribution in [0.25, 0.3) is 29.1 Å². The second-order valence-electron chi connectivity index (χ2n) is 7.68. The van der Waals surface area contributed by atoms with E-state index < -0.39 is 0 Å². The fourth-order valence-electron chi connectivity index (χ4n) is 3.72. The van der Waals surface area contributed by atoms with Gasteiger partial charge in [0, 0.05) is 23.2 Å². The van der Waals surface area contributed by atoms with Crippen LogP contribution in [0.15, 0.2) is 66.9 Å². The molecule has 7 nitrogen and oxygen atoms in total. The first-order valence-electron chi connectivity index (χ1n) is 10.9. The molecule has 0 spiro atoms. The van der Waals surface area contributed by atoms with Gasteiger partial charge in [0.15, 0.2) is 11.5 Å². The molecular formula is C28H26N2O5. The van der Waals surface area contributed by atoms with Gasteiger partial charge >= 0.3 is 0 Å². The van der Waals surface area contributed by atoms with Gasteiger partial charge in [-0.05, 0) is 53.1 Å². The normalized spacial score (nSPS) is 11.3. The summed E-state index contributed by atoms with van der Waals surface area (Å²) >= 11 is 0. The Morgan fingerprint density at radius 2 is 1.60 bits per heavy atom. The molecule has 0 radical (unpaired) electrons. The number of fused-ring (bicyclic) bond motifs is 1. The molecule has 0 atom stereocenters. The number of para-hydroxylation sites is 1. The van der Waals surface area contributed by atoms with E-state index in [9.17, 15) is 9.90 Å². The van der Waals surface area contributed by atoms with E-state index in [4.69, 9.17) is 14.2 Å². The summed E-state index contributed by atoms with van der Waals surface area (Å²) < 4.78 is 16.1. The zero-order chi connectivity index (χ0) is 24.8. The van der Waals surface area contributed by atoms with E-state index in [0.29, 0.717) is 22.9 Å². The summed E-state index contributed by atoms with van der Waals surface area (Å²) in [6.07, 6.45) is 8.75. The van der Waals surface area contributed by atoms with Gasteiger partial charge in [0.1, 0.15) is 5.75 Å². The van der Waals surface area contributed by atoms with Crippen molar-refractivity contribution in [2.24, 2.45) is 0 Å². The van der Waals surface area contributed by atoms with E-state index in [2.05, 4.69) is 10.3 Å². The molecule has 7 heteroatoms. The Morgan fingerprint density at radius 3 is 2.31 bits per heavy atom. The van der Waals surface area contributed by atoms with Crippen molar-refractivity contribution in [1.29, 1.82) is 0 Å². The number of aromatic nitrogens is 1. The molecule has 0 fully saturated rings. The molecular weight excluding hydrogens is 444 g/mol. The third-order valence-corrected chi connectivity index (χ3v) is 5.47. The first-order chi connectivity index (χ1) is 17.0. The number of carbonyl (C=O) groups excluding carboxylic acids is 1. The molecule has 0 aliphatic heterocycles. The number of nitrogens with one attached hydrogen (secondary N) is 2. The lowest BCUT2D eigenvalue weighted by molar-refractivity contribution is -0.111. The van der Waals surface area contributed by atoms with Crippen molar-refractivity contribution in [2.75, 3.05) is 26.6 Å². The van der Waals surface area contributed by atoms with Crippen LogP contribution in [-0.2, 0) is 4.79 Å². The van der Waals surface area contributed by atoms with Gasteiger partial charge < -0.3 is 29.6 Å². The Hall–Kier alpha value is -4.65. The van der Waals surface area contributed by atoms with Gasteiger partial charge in [-0.1, -0.05) is 36.4 Å². The topological polar surface area (TPSA) is 92.8 Å². The number of aromatic hydroxyl groups is 1. The number of carbonyl (C=O) groups is 1. The van der Waals surface area contributed by atoms with Crippen LogP contribution in [-0.4, -0.2) is 37.3 Å². The predicted octanol–water partition coefficient (Wildman–Crippen LogP) is 5.72. The largest absolute Gasteiger partial charge is 0.506 e. The minimum Gasteiger partial charge on any atom is -0.506 e. The summed E-state index contributed by atoms with van der Waals surface area (Å²) in [5.41, 5.74) is 3.83.